The summed E-state index contributed by atoms with van der Waals surface area (Å²) >= 11 is 6.04. The van der Waals surface area contributed by atoms with Crippen LogP contribution in [0.3, 0.4) is 0 Å². The summed E-state index contributed by atoms with van der Waals surface area (Å²) in [6.07, 6.45) is 1.99. The number of nitrogens with zero attached hydrogens (tertiary/aromatic N) is 3. The average Bonchev–Trinajstić information content (AvgIpc) is 2.76. The predicted octanol–water partition coefficient (Wildman–Crippen LogP) is 6.78. The Kier molecular flexibility index (Phi) is 7.74. The first-order valence-corrected chi connectivity index (χ1v) is 11.3. The van der Waals surface area contributed by atoms with Crippen LogP contribution in [0.4, 0.5) is 13.2 Å². The number of benzene rings is 1. The number of hydrogen-bond acceptors (Lipinski definition) is 4. The Bertz CT molecular complexity index is 1100. The zero-order chi connectivity index (χ0) is 25.1. The van der Waals surface area contributed by atoms with Gasteiger partial charge in [0.2, 0.25) is 0 Å². The Labute approximate surface area is 203 Å². The Morgan fingerprint density at radius 3 is 2.44 bits per heavy atom. The summed E-state index contributed by atoms with van der Waals surface area (Å²) in [5.41, 5.74) is 0.823. The van der Waals surface area contributed by atoms with Crippen molar-refractivity contribution in [2.45, 2.75) is 64.1 Å². The van der Waals surface area contributed by atoms with Crippen LogP contribution in [0.5, 0.6) is 0 Å². The normalized spacial score (nSPS) is 18.3. The highest BCUT2D eigenvalue weighted by molar-refractivity contribution is 6.30. The van der Waals surface area contributed by atoms with E-state index in [1.807, 2.05) is 19.1 Å². The highest BCUT2D eigenvalue weighted by Gasteiger charge is 2.38. The molecule has 3 atom stereocenters. The van der Waals surface area contributed by atoms with Crippen molar-refractivity contribution in [1.82, 2.24) is 9.88 Å². The van der Waals surface area contributed by atoms with Gasteiger partial charge >= 0.3 is 6.18 Å². The molecule has 1 aliphatic rings. The monoisotopic (exact) mass is 489 g/mol. The van der Waals surface area contributed by atoms with Gasteiger partial charge in [-0.05, 0) is 75.6 Å². The third kappa shape index (κ3) is 6.62. The minimum Gasteiger partial charge on any atom is -0.349 e. The number of nitriles is 1. The van der Waals surface area contributed by atoms with Gasteiger partial charge in [-0.3, -0.25) is 4.98 Å². The number of ether oxygens (including phenoxy) is 1. The third-order valence-electron chi connectivity index (χ3n) is 5.58. The van der Waals surface area contributed by atoms with Gasteiger partial charge in [-0.1, -0.05) is 23.7 Å². The molecule has 3 rings (SSSR count). The van der Waals surface area contributed by atoms with Crippen LogP contribution >= 0.6 is 11.6 Å². The molecule has 0 saturated heterocycles. The molecule has 0 radical (unpaired) electrons. The lowest BCUT2D eigenvalue weighted by Gasteiger charge is -2.42. The summed E-state index contributed by atoms with van der Waals surface area (Å²) in [6, 6.07) is 11.0. The maximum Gasteiger partial charge on any atom is 0.416 e. The molecule has 1 aromatic carbocycles. The smallest absolute Gasteiger partial charge is 0.349 e. The van der Waals surface area contributed by atoms with Crippen molar-refractivity contribution in [3.05, 3.63) is 88.4 Å². The first-order valence-electron chi connectivity index (χ1n) is 10.9. The van der Waals surface area contributed by atoms with E-state index in [0.29, 0.717) is 17.0 Å². The lowest BCUT2D eigenvalue weighted by atomic mass is 9.85. The number of alkyl halides is 3. The second-order valence-electron chi connectivity index (χ2n) is 9.30. The largest absolute Gasteiger partial charge is 0.416 e. The number of pyridine rings is 1. The zero-order valence-electron chi connectivity index (χ0n) is 19.5. The highest BCUT2D eigenvalue weighted by atomic mass is 35.5. The molecule has 0 N–H and O–H groups in total. The second-order valence-corrected chi connectivity index (χ2v) is 9.74. The van der Waals surface area contributed by atoms with E-state index in [1.54, 1.807) is 50.1 Å². The Morgan fingerprint density at radius 1 is 1.18 bits per heavy atom. The summed E-state index contributed by atoms with van der Waals surface area (Å²) in [5, 5.41) is 9.98. The van der Waals surface area contributed by atoms with Gasteiger partial charge in [0.05, 0.1) is 16.7 Å². The first kappa shape index (κ1) is 25.8. The van der Waals surface area contributed by atoms with Crippen molar-refractivity contribution in [3.8, 4) is 6.07 Å². The molecule has 0 aliphatic carbocycles. The fourth-order valence-corrected chi connectivity index (χ4v) is 4.06. The highest BCUT2D eigenvalue weighted by Crippen LogP contribution is 2.36. The Morgan fingerprint density at radius 2 is 1.85 bits per heavy atom. The van der Waals surface area contributed by atoms with Gasteiger partial charge in [0.25, 0.3) is 0 Å². The maximum atomic E-state index is 13.5. The van der Waals surface area contributed by atoms with Crippen LogP contribution in [0.15, 0.2) is 66.7 Å². The van der Waals surface area contributed by atoms with E-state index >= 15 is 0 Å². The van der Waals surface area contributed by atoms with Gasteiger partial charge in [0.15, 0.2) is 6.23 Å². The van der Waals surface area contributed by atoms with E-state index < -0.39 is 23.6 Å². The summed E-state index contributed by atoms with van der Waals surface area (Å²) < 4.78 is 46.4. The summed E-state index contributed by atoms with van der Waals surface area (Å²) in [4.78, 5) is 6.00. The number of aromatic nitrogens is 1. The molecule has 0 bridgehead atoms. The molecule has 1 aliphatic heterocycles. The van der Waals surface area contributed by atoms with E-state index in [0.717, 1.165) is 23.3 Å². The topological polar surface area (TPSA) is 49.2 Å². The molecule has 4 nitrogen and oxygen atoms in total. The fraction of sp³-hybridized carbons (Fsp3) is 0.385. The van der Waals surface area contributed by atoms with Crippen molar-refractivity contribution in [2.24, 2.45) is 0 Å². The number of hydrogen-bond donors (Lipinski definition) is 0. The quantitative estimate of drug-likeness (QED) is 0.448. The average molecular weight is 490 g/mol. The van der Waals surface area contributed by atoms with Crippen LogP contribution in [-0.4, -0.2) is 33.9 Å². The minimum absolute atomic E-state index is 0.196. The van der Waals surface area contributed by atoms with Crippen molar-refractivity contribution < 1.29 is 17.9 Å². The fourth-order valence-electron chi connectivity index (χ4n) is 3.93. The van der Waals surface area contributed by atoms with E-state index in [9.17, 15) is 18.4 Å². The molecular formula is C26H27ClF3N3O. The molecule has 2 aromatic rings. The van der Waals surface area contributed by atoms with Crippen LogP contribution in [0.1, 0.15) is 50.3 Å². The van der Waals surface area contributed by atoms with Crippen LogP contribution in [0.2, 0.25) is 5.02 Å². The van der Waals surface area contributed by atoms with Gasteiger partial charge in [-0.25, -0.2) is 0 Å². The van der Waals surface area contributed by atoms with Crippen LogP contribution in [0.25, 0.3) is 0 Å². The van der Waals surface area contributed by atoms with Crippen molar-refractivity contribution in [3.63, 3.8) is 0 Å². The Hall–Kier alpha value is -2.82. The van der Waals surface area contributed by atoms with E-state index in [-0.39, 0.29) is 12.0 Å². The molecule has 2 heterocycles. The molecule has 180 valence electrons. The minimum atomic E-state index is -4.47. The molecule has 0 amide bonds. The first-order chi connectivity index (χ1) is 15.9. The zero-order valence-corrected chi connectivity index (χ0v) is 20.2. The molecule has 1 aromatic heterocycles. The van der Waals surface area contributed by atoms with Gasteiger partial charge in [0.1, 0.15) is 6.07 Å². The number of halogens is 4. The number of allylic oxidation sites excluding steroid dienone is 2. The molecule has 8 heteroatoms. The standard InChI is InChI=1S/C26H27ClF3N3O/c1-17(33-10-9-21(26(28,29)30)13-24(33)34-25(2,3)4)23(12-18-5-7-22(27)8-6-18)20-11-19(14-31)15-32-16-20/h5-11,13,15-17,23-24H,12H2,1-4H3. The molecule has 3 unspecified atom stereocenters. The number of rotatable bonds is 6. The van der Waals surface area contributed by atoms with Gasteiger partial charge < -0.3 is 9.64 Å². The molecule has 0 saturated carbocycles. The van der Waals surface area contributed by atoms with Gasteiger partial charge in [-0.15, -0.1) is 0 Å². The van der Waals surface area contributed by atoms with Gasteiger partial charge in [0, 0.05) is 35.6 Å². The van der Waals surface area contributed by atoms with E-state index in [2.05, 4.69) is 11.1 Å². The van der Waals surface area contributed by atoms with Crippen LogP contribution < -0.4 is 0 Å². The van der Waals surface area contributed by atoms with Crippen molar-refractivity contribution in [2.75, 3.05) is 0 Å². The summed E-state index contributed by atoms with van der Waals surface area (Å²) in [5.74, 6) is -0.196. The molecule has 0 spiro atoms. The Balaban J connectivity index is 2.01. The van der Waals surface area contributed by atoms with Crippen LogP contribution in [0, 0.1) is 11.3 Å². The van der Waals surface area contributed by atoms with Crippen molar-refractivity contribution in [1.29, 1.82) is 5.26 Å². The lowest BCUT2D eigenvalue weighted by molar-refractivity contribution is -0.116. The van der Waals surface area contributed by atoms with Crippen LogP contribution in [-0.2, 0) is 11.2 Å². The third-order valence-corrected chi connectivity index (χ3v) is 5.83. The lowest BCUT2D eigenvalue weighted by Crippen LogP contribution is -2.46. The second kappa shape index (κ2) is 10.2. The summed E-state index contributed by atoms with van der Waals surface area (Å²) in [6.45, 7) is 7.36. The predicted molar refractivity (Wildman–Crippen MR) is 126 cm³/mol. The van der Waals surface area contributed by atoms with Gasteiger partial charge in [-0.2, -0.15) is 18.4 Å². The summed E-state index contributed by atoms with van der Waals surface area (Å²) in [7, 11) is 0. The molecular weight excluding hydrogens is 463 g/mol. The molecule has 0 fully saturated rings. The molecule has 34 heavy (non-hydrogen) atoms. The van der Waals surface area contributed by atoms with Crippen molar-refractivity contribution >= 4 is 11.6 Å². The van der Waals surface area contributed by atoms with E-state index in [1.165, 1.54) is 12.4 Å². The van der Waals surface area contributed by atoms with E-state index in [4.69, 9.17) is 16.3 Å². The maximum absolute atomic E-state index is 13.5. The SMILES string of the molecule is CC(C(Cc1ccc(Cl)cc1)c1cncc(C#N)c1)N1C=CC(C(F)(F)F)=CC1OC(C)(C)C.